The predicted molar refractivity (Wildman–Crippen MR) is 43.9 cm³/mol. The monoisotopic (exact) mass is 141 g/mol. The summed E-state index contributed by atoms with van der Waals surface area (Å²) in [6.07, 6.45) is 1.30. The maximum atomic E-state index is 2.36. The van der Waals surface area contributed by atoms with Crippen molar-refractivity contribution in [3.8, 4) is 0 Å². The molecule has 0 aliphatic heterocycles. The molecule has 0 radical (unpaired) electrons. The van der Waals surface area contributed by atoms with Crippen LogP contribution in [0.25, 0.3) is 0 Å². The second-order valence-corrected chi connectivity index (χ2v) is 4.19. The van der Waals surface area contributed by atoms with Gasteiger partial charge >= 0.3 is 0 Å². The zero-order valence-electron chi connectivity index (χ0n) is 6.05. The van der Waals surface area contributed by atoms with E-state index in [9.17, 15) is 0 Å². The number of aryl methyl sites for hydroxylation is 2. The Morgan fingerprint density at radius 3 is 2.78 bits per heavy atom. The van der Waals surface area contributed by atoms with E-state index in [1.165, 1.54) is 17.7 Å². The summed E-state index contributed by atoms with van der Waals surface area (Å²) in [6, 6.07) is 2.22. The molecule has 0 aliphatic rings. The first kappa shape index (κ1) is 6.81. The van der Waals surface area contributed by atoms with Crippen molar-refractivity contribution in [1.82, 2.24) is 0 Å². The van der Waals surface area contributed by atoms with Crippen molar-refractivity contribution >= 4 is 10.5 Å². The van der Waals surface area contributed by atoms with E-state index >= 15 is 0 Å². The fourth-order valence-electron chi connectivity index (χ4n) is 0.875. The highest BCUT2D eigenvalue weighted by Crippen LogP contribution is 2.21. The quantitative estimate of drug-likeness (QED) is 0.555. The molecule has 50 valence electrons. The van der Waals surface area contributed by atoms with E-state index in [-0.39, 0.29) is 0 Å². The summed E-state index contributed by atoms with van der Waals surface area (Å²) in [7, 11) is 0.500. The molecule has 0 aliphatic carbocycles. The molecule has 0 N–H and O–H groups in total. The van der Waals surface area contributed by atoms with Crippen LogP contribution in [0.15, 0.2) is 16.8 Å². The minimum Gasteiger partial charge on any atom is -0.0605 e. The molecule has 1 heterocycles. The van der Waals surface area contributed by atoms with E-state index in [1.807, 2.05) is 0 Å². The Labute approximate surface area is 59.5 Å². The molecule has 0 aromatic carbocycles. The minimum atomic E-state index is 0.500. The molecular formula is C8H13S+. The highest BCUT2D eigenvalue weighted by molar-refractivity contribution is 7.27. The van der Waals surface area contributed by atoms with Gasteiger partial charge in [0.1, 0.15) is 16.5 Å². The van der Waals surface area contributed by atoms with E-state index in [1.54, 1.807) is 0 Å². The van der Waals surface area contributed by atoms with Crippen LogP contribution in [0.3, 0.4) is 0 Å². The lowest BCUT2D eigenvalue weighted by Gasteiger charge is -1.78. The first-order valence-electron chi connectivity index (χ1n) is 3.38. The van der Waals surface area contributed by atoms with Crippen molar-refractivity contribution in [3.63, 3.8) is 0 Å². The van der Waals surface area contributed by atoms with Gasteiger partial charge in [0.15, 0.2) is 0 Å². The van der Waals surface area contributed by atoms with Crippen LogP contribution in [-0.2, 0) is 5.75 Å². The van der Waals surface area contributed by atoms with Crippen molar-refractivity contribution in [3.05, 3.63) is 22.4 Å². The average molecular weight is 141 g/mol. The van der Waals surface area contributed by atoms with Crippen molar-refractivity contribution in [2.75, 3.05) is 0 Å². The average Bonchev–Trinajstić information content (AvgIpc) is 2.17. The number of hydrogen-bond donors (Lipinski definition) is 0. The van der Waals surface area contributed by atoms with Gasteiger partial charge in [-0.3, -0.25) is 0 Å². The van der Waals surface area contributed by atoms with Gasteiger partial charge in [-0.15, -0.1) is 0 Å². The summed E-state index contributed by atoms with van der Waals surface area (Å²) in [5.74, 6) is 1.34. The number of thiophene rings is 1. The van der Waals surface area contributed by atoms with Gasteiger partial charge in [0.2, 0.25) is 0 Å². The summed E-state index contributed by atoms with van der Waals surface area (Å²) >= 11 is 0. The third-order valence-electron chi connectivity index (χ3n) is 1.28. The van der Waals surface area contributed by atoms with Gasteiger partial charge in [-0.2, -0.15) is 0 Å². The molecule has 0 nitrogen and oxygen atoms in total. The lowest BCUT2D eigenvalue weighted by atomic mass is 10.4. The van der Waals surface area contributed by atoms with Crippen LogP contribution in [0.2, 0.25) is 0 Å². The standard InChI is InChI=1S/C8H13S/c1-3-5-9-6-4-8(2)7-9/h4,6-7H,3,5H2,1-2H3/q+1. The Morgan fingerprint density at radius 1 is 1.56 bits per heavy atom. The molecule has 1 aromatic heterocycles. The van der Waals surface area contributed by atoms with Crippen molar-refractivity contribution in [2.24, 2.45) is 0 Å². The largest absolute Gasteiger partial charge is 0.140 e. The SMILES string of the molecule is CCC[s+]1ccc(C)c1. The predicted octanol–water partition coefficient (Wildman–Crippen LogP) is 3.15. The molecule has 1 rings (SSSR count). The number of rotatable bonds is 2. The van der Waals surface area contributed by atoms with Crippen molar-refractivity contribution in [1.29, 1.82) is 0 Å². The Balaban J connectivity index is 2.61. The smallest absolute Gasteiger partial charge is 0.0605 e. The summed E-state index contributed by atoms with van der Waals surface area (Å²) in [4.78, 5) is 0. The van der Waals surface area contributed by atoms with E-state index in [0.29, 0.717) is 10.5 Å². The molecule has 1 unspecified atom stereocenters. The van der Waals surface area contributed by atoms with E-state index in [4.69, 9.17) is 0 Å². The molecule has 0 saturated heterocycles. The maximum absolute atomic E-state index is 2.36. The Bertz CT molecular complexity index is 176. The summed E-state index contributed by atoms with van der Waals surface area (Å²) in [5.41, 5.74) is 1.44. The van der Waals surface area contributed by atoms with Gasteiger partial charge in [-0.25, -0.2) is 0 Å². The van der Waals surface area contributed by atoms with Crippen LogP contribution in [0.4, 0.5) is 0 Å². The maximum Gasteiger partial charge on any atom is 0.140 e. The van der Waals surface area contributed by atoms with Crippen LogP contribution in [-0.4, -0.2) is 0 Å². The van der Waals surface area contributed by atoms with Gasteiger partial charge in [0.05, 0.1) is 0 Å². The molecule has 0 amide bonds. The fraction of sp³-hybridized carbons (Fsp3) is 0.500. The second kappa shape index (κ2) is 3.02. The van der Waals surface area contributed by atoms with Gasteiger partial charge in [0.25, 0.3) is 0 Å². The Hall–Kier alpha value is -0.300. The molecule has 9 heavy (non-hydrogen) atoms. The third-order valence-corrected chi connectivity index (χ3v) is 3.32. The second-order valence-electron chi connectivity index (χ2n) is 2.34. The van der Waals surface area contributed by atoms with Gasteiger partial charge in [0, 0.05) is 5.56 Å². The van der Waals surface area contributed by atoms with Crippen LogP contribution >= 0.6 is 10.5 Å². The fourth-order valence-corrected chi connectivity index (χ4v) is 2.62. The first-order valence-corrected chi connectivity index (χ1v) is 4.90. The van der Waals surface area contributed by atoms with Crippen LogP contribution in [0, 0.1) is 6.92 Å². The zero-order chi connectivity index (χ0) is 6.69. The molecule has 1 atom stereocenters. The van der Waals surface area contributed by atoms with Gasteiger partial charge in [-0.05, 0) is 29.9 Å². The van der Waals surface area contributed by atoms with E-state index in [0.717, 1.165) is 0 Å². The molecule has 0 fully saturated rings. The molecule has 1 heteroatoms. The third kappa shape index (κ3) is 1.83. The number of hydrogen-bond acceptors (Lipinski definition) is 0. The lowest BCUT2D eigenvalue weighted by Crippen LogP contribution is -1.63. The van der Waals surface area contributed by atoms with Crippen LogP contribution in [0.1, 0.15) is 18.9 Å². The molecule has 0 saturated carbocycles. The van der Waals surface area contributed by atoms with E-state index < -0.39 is 0 Å². The molecule has 0 bridgehead atoms. The highest BCUT2D eigenvalue weighted by Gasteiger charge is 2.00. The normalized spacial score (nSPS) is 12.0. The summed E-state index contributed by atoms with van der Waals surface area (Å²) < 4.78 is 0. The van der Waals surface area contributed by atoms with Crippen molar-refractivity contribution < 1.29 is 0 Å². The summed E-state index contributed by atoms with van der Waals surface area (Å²) in [5, 5.41) is 4.68. The Morgan fingerprint density at radius 2 is 2.33 bits per heavy atom. The first-order chi connectivity index (χ1) is 4.33. The van der Waals surface area contributed by atoms with Crippen LogP contribution < -0.4 is 0 Å². The van der Waals surface area contributed by atoms with Crippen molar-refractivity contribution in [2.45, 2.75) is 26.0 Å². The molecular weight excluding hydrogens is 128 g/mol. The lowest BCUT2D eigenvalue weighted by molar-refractivity contribution is 1.03. The van der Waals surface area contributed by atoms with E-state index in [2.05, 4.69) is 30.7 Å². The zero-order valence-corrected chi connectivity index (χ0v) is 6.87. The molecule has 1 aromatic rings. The topological polar surface area (TPSA) is 0 Å². The Kier molecular flexibility index (Phi) is 2.29. The minimum absolute atomic E-state index is 0.500. The summed E-state index contributed by atoms with van der Waals surface area (Å²) in [6.45, 7) is 4.40. The highest BCUT2D eigenvalue weighted by atomic mass is 32.2. The van der Waals surface area contributed by atoms with Crippen LogP contribution in [0.5, 0.6) is 0 Å². The van der Waals surface area contributed by atoms with Gasteiger partial charge in [-0.1, -0.05) is 6.92 Å². The van der Waals surface area contributed by atoms with Gasteiger partial charge < -0.3 is 0 Å². The molecule has 0 spiro atoms.